The highest BCUT2D eigenvalue weighted by Crippen LogP contribution is 2.30. The van der Waals surface area contributed by atoms with Crippen LogP contribution in [0.1, 0.15) is 31.4 Å². The van der Waals surface area contributed by atoms with Crippen LogP contribution in [0.2, 0.25) is 0 Å². The minimum Gasteiger partial charge on any atom is -0.467 e. The lowest BCUT2D eigenvalue weighted by molar-refractivity contribution is -0.0166. The Morgan fingerprint density at radius 2 is 2.08 bits per heavy atom. The summed E-state index contributed by atoms with van der Waals surface area (Å²) < 4.78 is 11.1. The standard InChI is InChI=1S/C18H30N4O2/c1-19-17(21(2)14-16-6-5-11-24-16)20-15-18(7-12-23-13-8-18)22-9-3-4-10-22/h5-6,11H,3-4,7-10,12-15H2,1-2H3,(H,19,20). The molecule has 0 aliphatic carbocycles. The van der Waals surface area contributed by atoms with E-state index in [0.717, 1.165) is 44.3 Å². The number of likely N-dealkylation sites (tertiary alicyclic amines) is 1. The van der Waals surface area contributed by atoms with Gasteiger partial charge >= 0.3 is 0 Å². The molecule has 24 heavy (non-hydrogen) atoms. The average Bonchev–Trinajstić information content (AvgIpc) is 3.30. The van der Waals surface area contributed by atoms with Crippen LogP contribution in [-0.4, -0.2) is 68.2 Å². The van der Waals surface area contributed by atoms with Gasteiger partial charge in [0.2, 0.25) is 0 Å². The van der Waals surface area contributed by atoms with Crippen molar-refractivity contribution in [3.8, 4) is 0 Å². The van der Waals surface area contributed by atoms with Gasteiger partial charge in [-0.1, -0.05) is 0 Å². The summed E-state index contributed by atoms with van der Waals surface area (Å²) in [5.41, 5.74) is 0.205. The molecule has 0 saturated carbocycles. The lowest BCUT2D eigenvalue weighted by atomic mass is 9.88. The molecular weight excluding hydrogens is 304 g/mol. The molecule has 6 heteroatoms. The highest BCUT2D eigenvalue weighted by Gasteiger charge is 2.39. The first-order valence-electron chi connectivity index (χ1n) is 9.00. The molecule has 2 fully saturated rings. The smallest absolute Gasteiger partial charge is 0.193 e. The Balaban J connectivity index is 1.61. The number of ether oxygens (including phenoxy) is 1. The molecule has 1 aromatic heterocycles. The van der Waals surface area contributed by atoms with Crippen molar-refractivity contribution in [2.45, 2.75) is 37.8 Å². The molecule has 134 valence electrons. The van der Waals surface area contributed by atoms with Crippen LogP contribution in [-0.2, 0) is 11.3 Å². The topological polar surface area (TPSA) is 53.2 Å². The summed E-state index contributed by atoms with van der Waals surface area (Å²) in [5, 5.41) is 3.61. The quantitative estimate of drug-likeness (QED) is 0.659. The van der Waals surface area contributed by atoms with E-state index in [2.05, 4.69) is 20.1 Å². The normalized spacial score (nSPS) is 21.8. The summed E-state index contributed by atoms with van der Waals surface area (Å²) in [4.78, 5) is 9.23. The number of hydrogen-bond donors (Lipinski definition) is 1. The molecule has 0 atom stereocenters. The molecule has 0 radical (unpaired) electrons. The summed E-state index contributed by atoms with van der Waals surface area (Å²) in [6, 6.07) is 3.91. The third-order valence-electron chi connectivity index (χ3n) is 5.32. The zero-order valence-corrected chi connectivity index (χ0v) is 15.0. The van der Waals surface area contributed by atoms with E-state index >= 15 is 0 Å². The molecule has 0 unspecified atom stereocenters. The van der Waals surface area contributed by atoms with E-state index in [1.807, 2.05) is 26.2 Å². The second-order valence-electron chi connectivity index (χ2n) is 6.87. The van der Waals surface area contributed by atoms with E-state index in [4.69, 9.17) is 9.15 Å². The monoisotopic (exact) mass is 334 g/mol. The Kier molecular flexibility index (Phi) is 5.79. The molecule has 3 rings (SSSR count). The molecule has 1 N–H and O–H groups in total. The summed E-state index contributed by atoms with van der Waals surface area (Å²) in [5.74, 6) is 1.86. The van der Waals surface area contributed by atoms with Crippen LogP contribution in [0.15, 0.2) is 27.8 Å². The number of furan rings is 1. The van der Waals surface area contributed by atoms with E-state index in [9.17, 15) is 0 Å². The third-order valence-corrected chi connectivity index (χ3v) is 5.32. The maximum Gasteiger partial charge on any atom is 0.193 e. The molecule has 2 aliphatic heterocycles. The van der Waals surface area contributed by atoms with Crippen LogP contribution in [0.4, 0.5) is 0 Å². The molecule has 0 spiro atoms. The van der Waals surface area contributed by atoms with Crippen LogP contribution in [0.5, 0.6) is 0 Å². The van der Waals surface area contributed by atoms with Crippen LogP contribution in [0, 0.1) is 0 Å². The average molecular weight is 334 g/mol. The van der Waals surface area contributed by atoms with E-state index in [0.29, 0.717) is 6.54 Å². The second kappa shape index (κ2) is 8.03. The molecule has 0 amide bonds. The molecule has 6 nitrogen and oxygen atoms in total. The molecule has 0 aromatic carbocycles. The third kappa shape index (κ3) is 3.92. The SMILES string of the molecule is CN=C(NCC1(N2CCCC2)CCOCC1)N(C)Cc1ccco1. The van der Waals surface area contributed by atoms with Crippen molar-refractivity contribution in [1.82, 2.24) is 15.1 Å². The number of rotatable bonds is 5. The Labute approximate surface area is 144 Å². The van der Waals surface area contributed by atoms with Gasteiger partial charge in [-0.2, -0.15) is 0 Å². The number of hydrogen-bond acceptors (Lipinski definition) is 4. The molecule has 0 bridgehead atoms. The Morgan fingerprint density at radius 3 is 2.71 bits per heavy atom. The van der Waals surface area contributed by atoms with Gasteiger partial charge in [-0.05, 0) is 50.9 Å². The van der Waals surface area contributed by atoms with Gasteiger partial charge in [0.1, 0.15) is 5.76 Å². The van der Waals surface area contributed by atoms with Crippen molar-refractivity contribution < 1.29 is 9.15 Å². The van der Waals surface area contributed by atoms with Crippen LogP contribution in [0.3, 0.4) is 0 Å². The summed E-state index contributed by atoms with van der Waals surface area (Å²) in [6.45, 7) is 5.78. The van der Waals surface area contributed by atoms with E-state index in [1.54, 1.807) is 6.26 Å². The summed E-state index contributed by atoms with van der Waals surface area (Å²) >= 11 is 0. The van der Waals surface area contributed by atoms with Gasteiger partial charge < -0.3 is 19.4 Å². The number of nitrogens with zero attached hydrogens (tertiary/aromatic N) is 3. The van der Waals surface area contributed by atoms with Crippen molar-refractivity contribution in [2.75, 3.05) is 46.9 Å². The van der Waals surface area contributed by atoms with Crippen LogP contribution >= 0.6 is 0 Å². The van der Waals surface area contributed by atoms with Gasteiger partial charge in [-0.15, -0.1) is 0 Å². The van der Waals surface area contributed by atoms with Crippen LogP contribution < -0.4 is 5.32 Å². The maximum absolute atomic E-state index is 5.63. The fraction of sp³-hybridized carbons (Fsp3) is 0.722. The van der Waals surface area contributed by atoms with Gasteiger partial charge in [0.05, 0.1) is 12.8 Å². The van der Waals surface area contributed by atoms with E-state index in [1.165, 1.54) is 25.9 Å². The predicted octanol–water partition coefficient (Wildman–Crippen LogP) is 1.93. The van der Waals surface area contributed by atoms with Gasteiger partial charge in [-0.3, -0.25) is 9.89 Å². The summed E-state index contributed by atoms with van der Waals surface area (Å²) in [6.07, 6.45) is 6.53. The van der Waals surface area contributed by atoms with Crippen molar-refractivity contribution in [3.05, 3.63) is 24.2 Å². The molecule has 3 heterocycles. The Morgan fingerprint density at radius 1 is 1.33 bits per heavy atom. The first kappa shape index (κ1) is 17.3. The summed E-state index contributed by atoms with van der Waals surface area (Å²) in [7, 11) is 3.89. The minimum absolute atomic E-state index is 0.205. The Bertz CT molecular complexity index is 517. The molecule has 2 saturated heterocycles. The van der Waals surface area contributed by atoms with Gasteiger partial charge in [0.15, 0.2) is 5.96 Å². The largest absolute Gasteiger partial charge is 0.467 e. The van der Waals surface area contributed by atoms with Gasteiger partial charge in [0, 0.05) is 39.4 Å². The number of aliphatic imine (C=N–C) groups is 1. The molecular formula is C18H30N4O2. The highest BCUT2D eigenvalue weighted by molar-refractivity contribution is 5.79. The van der Waals surface area contributed by atoms with Crippen molar-refractivity contribution in [2.24, 2.45) is 4.99 Å². The molecule has 1 aromatic rings. The van der Waals surface area contributed by atoms with Gasteiger partial charge in [0.25, 0.3) is 0 Å². The highest BCUT2D eigenvalue weighted by atomic mass is 16.5. The van der Waals surface area contributed by atoms with Gasteiger partial charge in [-0.25, -0.2) is 0 Å². The second-order valence-corrected chi connectivity index (χ2v) is 6.87. The fourth-order valence-corrected chi connectivity index (χ4v) is 3.89. The fourth-order valence-electron chi connectivity index (χ4n) is 3.89. The number of guanidine groups is 1. The lowest BCUT2D eigenvalue weighted by Crippen LogP contribution is -2.58. The van der Waals surface area contributed by atoms with E-state index in [-0.39, 0.29) is 5.54 Å². The van der Waals surface area contributed by atoms with E-state index < -0.39 is 0 Å². The zero-order chi connectivity index (χ0) is 16.8. The van der Waals surface area contributed by atoms with Crippen molar-refractivity contribution >= 4 is 5.96 Å². The maximum atomic E-state index is 5.63. The zero-order valence-electron chi connectivity index (χ0n) is 15.0. The number of nitrogens with one attached hydrogen (secondary N) is 1. The predicted molar refractivity (Wildman–Crippen MR) is 95.1 cm³/mol. The lowest BCUT2D eigenvalue weighted by Gasteiger charge is -2.45. The Hall–Kier alpha value is -1.53. The first-order valence-corrected chi connectivity index (χ1v) is 9.00. The first-order chi connectivity index (χ1) is 11.7. The van der Waals surface area contributed by atoms with Crippen molar-refractivity contribution in [1.29, 1.82) is 0 Å². The minimum atomic E-state index is 0.205. The van der Waals surface area contributed by atoms with Crippen LogP contribution in [0.25, 0.3) is 0 Å². The molecule has 2 aliphatic rings. The van der Waals surface area contributed by atoms with Crippen molar-refractivity contribution in [3.63, 3.8) is 0 Å².